The minimum absolute atomic E-state index is 0.318. The number of nitrogens with zero attached hydrogens (tertiary/aromatic N) is 2. The Morgan fingerprint density at radius 2 is 2.24 bits per heavy atom. The molecule has 90 valence electrons. The second-order valence-corrected chi connectivity index (χ2v) is 4.45. The maximum absolute atomic E-state index is 11.6. The number of benzene rings is 1. The molecule has 2 rings (SSSR count). The molecule has 0 radical (unpaired) electrons. The van der Waals surface area contributed by atoms with Crippen molar-refractivity contribution in [2.75, 3.05) is 6.61 Å². The quantitative estimate of drug-likeness (QED) is 0.818. The summed E-state index contributed by atoms with van der Waals surface area (Å²) in [5.74, 6) is -0.318. The van der Waals surface area contributed by atoms with E-state index in [0.717, 1.165) is 21.9 Å². The van der Waals surface area contributed by atoms with Gasteiger partial charge in [-0.2, -0.15) is 5.10 Å². The van der Waals surface area contributed by atoms with E-state index in [4.69, 9.17) is 4.74 Å². The van der Waals surface area contributed by atoms with Gasteiger partial charge < -0.3 is 4.74 Å². The highest BCUT2D eigenvalue weighted by Gasteiger charge is 2.12. The van der Waals surface area contributed by atoms with Gasteiger partial charge in [0.25, 0.3) is 0 Å². The number of esters is 1. The highest BCUT2D eigenvalue weighted by Crippen LogP contribution is 2.25. The van der Waals surface area contributed by atoms with E-state index < -0.39 is 0 Å². The Labute approximate surface area is 108 Å². The fourth-order valence-electron chi connectivity index (χ4n) is 1.62. The molecule has 1 aromatic carbocycles. The lowest BCUT2D eigenvalue weighted by Crippen LogP contribution is -2.04. The Bertz CT molecular complexity index is 563. The average Bonchev–Trinajstić information content (AvgIpc) is 2.73. The summed E-state index contributed by atoms with van der Waals surface area (Å²) in [6.45, 7) is 4.98. The van der Waals surface area contributed by atoms with Crippen LogP contribution in [0.15, 0.2) is 22.8 Å². The molecule has 0 aliphatic rings. The molecule has 0 aliphatic heterocycles. The largest absolute Gasteiger partial charge is 0.462 e. The zero-order valence-corrected chi connectivity index (χ0v) is 11.3. The van der Waals surface area contributed by atoms with Crippen LogP contribution in [0.2, 0.25) is 0 Å². The van der Waals surface area contributed by atoms with Crippen LogP contribution in [0.25, 0.3) is 10.9 Å². The van der Waals surface area contributed by atoms with Crippen LogP contribution < -0.4 is 0 Å². The van der Waals surface area contributed by atoms with Crippen molar-refractivity contribution in [2.24, 2.45) is 0 Å². The molecule has 0 bridgehead atoms. The summed E-state index contributed by atoms with van der Waals surface area (Å²) in [5, 5.41) is 5.37. The van der Waals surface area contributed by atoms with E-state index in [9.17, 15) is 4.79 Å². The van der Waals surface area contributed by atoms with Gasteiger partial charge in [0, 0.05) is 22.6 Å². The molecule has 0 N–H and O–H groups in total. The summed E-state index contributed by atoms with van der Waals surface area (Å²) in [5.41, 5.74) is 1.32. The standard InChI is InChI=1S/C12H13BrN2O2/c1-3-15-7-9-10(13)5-8(6-11(9)14-15)12(16)17-4-2/h5-7H,3-4H2,1-2H3. The van der Waals surface area contributed by atoms with Crippen molar-refractivity contribution >= 4 is 32.8 Å². The van der Waals surface area contributed by atoms with E-state index in [0.29, 0.717) is 12.2 Å². The van der Waals surface area contributed by atoms with Crippen LogP contribution >= 0.6 is 15.9 Å². The Morgan fingerprint density at radius 3 is 2.88 bits per heavy atom. The van der Waals surface area contributed by atoms with Crippen molar-refractivity contribution in [3.8, 4) is 0 Å². The monoisotopic (exact) mass is 296 g/mol. The molecule has 0 saturated heterocycles. The van der Waals surface area contributed by atoms with E-state index in [1.165, 1.54) is 0 Å². The number of aromatic nitrogens is 2. The fraction of sp³-hybridized carbons (Fsp3) is 0.333. The number of ether oxygens (including phenoxy) is 1. The normalized spacial score (nSPS) is 10.8. The topological polar surface area (TPSA) is 44.1 Å². The summed E-state index contributed by atoms with van der Waals surface area (Å²) in [6.07, 6.45) is 1.95. The summed E-state index contributed by atoms with van der Waals surface area (Å²) in [4.78, 5) is 11.6. The van der Waals surface area contributed by atoms with Gasteiger partial charge in [-0.3, -0.25) is 4.68 Å². The van der Waals surface area contributed by atoms with Gasteiger partial charge in [-0.25, -0.2) is 4.79 Å². The van der Waals surface area contributed by atoms with Crippen molar-refractivity contribution < 1.29 is 9.53 Å². The minimum Gasteiger partial charge on any atom is -0.462 e. The van der Waals surface area contributed by atoms with Gasteiger partial charge in [-0.1, -0.05) is 15.9 Å². The molecule has 1 aromatic heterocycles. The number of fused-ring (bicyclic) bond motifs is 1. The summed E-state index contributed by atoms with van der Waals surface area (Å²) in [6, 6.07) is 3.52. The smallest absolute Gasteiger partial charge is 0.338 e. The van der Waals surface area contributed by atoms with Gasteiger partial charge >= 0.3 is 5.97 Å². The van der Waals surface area contributed by atoms with Gasteiger partial charge in [-0.05, 0) is 26.0 Å². The minimum atomic E-state index is -0.318. The first kappa shape index (κ1) is 12.1. The first-order valence-electron chi connectivity index (χ1n) is 5.49. The number of halogens is 1. The molecule has 0 fully saturated rings. The number of carbonyl (C=O) groups is 1. The second kappa shape index (κ2) is 4.87. The van der Waals surface area contributed by atoms with Gasteiger partial charge in [0.2, 0.25) is 0 Å². The number of carbonyl (C=O) groups excluding carboxylic acids is 1. The van der Waals surface area contributed by atoms with Crippen molar-refractivity contribution in [1.82, 2.24) is 9.78 Å². The molecular weight excluding hydrogens is 284 g/mol. The molecule has 0 amide bonds. The molecule has 4 nitrogen and oxygen atoms in total. The molecule has 17 heavy (non-hydrogen) atoms. The van der Waals surface area contributed by atoms with Gasteiger partial charge in [-0.15, -0.1) is 0 Å². The molecule has 0 saturated carbocycles. The molecule has 0 atom stereocenters. The predicted molar refractivity (Wildman–Crippen MR) is 69.1 cm³/mol. The zero-order chi connectivity index (χ0) is 12.4. The first-order chi connectivity index (χ1) is 8.15. The van der Waals surface area contributed by atoms with Crippen LogP contribution in [0.3, 0.4) is 0 Å². The summed E-state index contributed by atoms with van der Waals surface area (Å²) >= 11 is 3.45. The van der Waals surface area contributed by atoms with Gasteiger partial charge in [0.05, 0.1) is 17.7 Å². The van der Waals surface area contributed by atoms with Crippen LogP contribution in [-0.2, 0) is 11.3 Å². The molecular formula is C12H13BrN2O2. The third kappa shape index (κ3) is 2.34. The van der Waals surface area contributed by atoms with Crippen LogP contribution in [0.1, 0.15) is 24.2 Å². The maximum Gasteiger partial charge on any atom is 0.338 e. The average molecular weight is 297 g/mol. The van der Waals surface area contributed by atoms with Crippen molar-refractivity contribution in [3.63, 3.8) is 0 Å². The van der Waals surface area contributed by atoms with Crippen molar-refractivity contribution in [2.45, 2.75) is 20.4 Å². The van der Waals surface area contributed by atoms with Crippen LogP contribution in [0.5, 0.6) is 0 Å². The maximum atomic E-state index is 11.6. The Morgan fingerprint density at radius 1 is 1.47 bits per heavy atom. The predicted octanol–water partition coefficient (Wildman–Crippen LogP) is 3.00. The lowest BCUT2D eigenvalue weighted by atomic mass is 10.2. The first-order valence-corrected chi connectivity index (χ1v) is 6.28. The SMILES string of the molecule is CCOC(=O)c1cc(Br)c2cn(CC)nc2c1. The van der Waals surface area contributed by atoms with Crippen LogP contribution in [0, 0.1) is 0 Å². The van der Waals surface area contributed by atoms with E-state index in [1.807, 2.05) is 17.8 Å². The van der Waals surface area contributed by atoms with E-state index in [2.05, 4.69) is 21.0 Å². The lowest BCUT2D eigenvalue weighted by Gasteiger charge is -2.02. The van der Waals surface area contributed by atoms with Crippen molar-refractivity contribution in [3.05, 3.63) is 28.4 Å². The van der Waals surface area contributed by atoms with E-state index in [-0.39, 0.29) is 5.97 Å². The van der Waals surface area contributed by atoms with E-state index >= 15 is 0 Å². The van der Waals surface area contributed by atoms with E-state index in [1.54, 1.807) is 19.1 Å². The molecule has 0 spiro atoms. The van der Waals surface area contributed by atoms with Crippen LogP contribution in [0.4, 0.5) is 0 Å². The molecule has 2 aromatic rings. The van der Waals surface area contributed by atoms with Crippen LogP contribution in [-0.4, -0.2) is 22.4 Å². The molecule has 1 heterocycles. The molecule has 0 aliphatic carbocycles. The lowest BCUT2D eigenvalue weighted by molar-refractivity contribution is 0.0526. The Balaban J connectivity index is 2.50. The molecule has 5 heteroatoms. The Kier molecular flexibility index (Phi) is 3.47. The number of rotatable bonds is 3. The number of hydrogen-bond acceptors (Lipinski definition) is 3. The molecule has 0 unspecified atom stereocenters. The van der Waals surface area contributed by atoms with Gasteiger partial charge in [0.1, 0.15) is 0 Å². The third-order valence-corrected chi connectivity index (χ3v) is 3.11. The second-order valence-electron chi connectivity index (χ2n) is 3.60. The van der Waals surface area contributed by atoms with Crippen molar-refractivity contribution in [1.29, 1.82) is 0 Å². The summed E-state index contributed by atoms with van der Waals surface area (Å²) < 4.78 is 7.67. The summed E-state index contributed by atoms with van der Waals surface area (Å²) in [7, 11) is 0. The zero-order valence-electron chi connectivity index (χ0n) is 9.74. The third-order valence-electron chi connectivity index (χ3n) is 2.46. The highest BCUT2D eigenvalue weighted by atomic mass is 79.9. The van der Waals surface area contributed by atoms with Gasteiger partial charge in [0.15, 0.2) is 0 Å². The number of aryl methyl sites for hydroxylation is 1. The highest BCUT2D eigenvalue weighted by molar-refractivity contribution is 9.10. The Hall–Kier alpha value is -1.36. The fourth-order valence-corrected chi connectivity index (χ4v) is 2.18. The number of hydrogen-bond donors (Lipinski definition) is 0.